The summed E-state index contributed by atoms with van der Waals surface area (Å²) in [6, 6.07) is 23.2. The molecule has 1 aromatic heterocycles. The van der Waals surface area contributed by atoms with Crippen LogP contribution in [-0.2, 0) is 34.0 Å². The Bertz CT molecular complexity index is 1960. The van der Waals surface area contributed by atoms with Gasteiger partial charge in [-0.2, -0.15) is 0 Å². The molecule has 1 heterocycles. The number of carbonyl (C=O) groups is 4. The molecule has 7 N–H and O–H groups in total. The Hall–Kier alpha value is -5.73. The number of carbonyl (C=O) groups excluding carboxylic acids is 4. The molecule has 0 radical (unpaired) electrons. The standard InChI is InChI=1S/C28H39N3O5.C14H22N2O2.C8H11NO/c1-4-19(2)22(27(33)29-18-21-12-8-9-13-25(21)35-3)17-24(32)23(16-20-10-6-5-7-11-20)31-28(34)26-14-15-30-36-26;1-4-10(2)13(15)14(17)16-9-11-7-5-6-8-12(11)18-3;1-10-8-5-3-2-4-7(8)6-9/h8-9,12-15,19-20,22-23H,4-7,10-11,16-18H2,1-3H3,(H,29,33)(H,31,34);5-8,10,13H,4,9,15H2,1-3H3,(H,16,17);2-5H,6,9H2,1H3/t19-,22-,23-;10-,13-;/m00./s1. The van der Waals surface area contributed by atoms with E-state index in [0.29, 0.717) is 37.7 Å². The van der Waals surface area contributed by atoms with Crippen LogP contribution in [0.15, 0.2) is 89.6 Å². The second-order valence-electron chi connectivity index (χ2n) is 16.3. The van der Waals surface area contributed by atoms with Crippen molar-refractivity contribution in [1.82, 2.24) is 21.1 Å². The summed E-state index contributed by atoms with van der Waals surface area (Å²) in [4.78, 5) is 51.4. The largest absolute Gasteiger partial charge is 0.496 e. The van der Waals surface area contributed by atoms with E-state index in [-0.39, 0.29) is 41.6 Å². The summed E-state index contributed by atoms with van der Waals surface area (Å²) in [5.41, 5.74) is 14.2. The molecule has 0 aliphatic heterocycles. The predicted molar refractivity (Wildman–Crippen MR) is 250 cm³/mol. The lowest BCUT2D eigenvalue weighted by molar-refractivity contribution is -0.132. The zero-order chi connectivity index (χ0) is 46.9. The second-order valence-corrected chi connectivity index (χ2v) is 16.3. The number of hydrogen-bond acceptors (Lipinski definition) is 11. The number of rotatable bonds is 21. The van der Waals surface area contributed by atoms with Gasteiger partial charge in [0, 0.05) is 54.7 Å². The molecule has 0 unspecified atom stereocenters. The molecule has 4 aromatic rings. The minimum atomic E-state index is -0.667. The Kier molecular flexibility index (Phi) is 23.7. The maximum Gasteiger partial charge on any atom is 0.290 e. The fourth-order valence-corrected chi connectivity index (χ4v) is 7.48. The molecule has 0 bridgehead atoms. The van der Waals surface area contributed by atoms with Crippen LogP contribution in [0.5, 0.6) is 17.2 Å². The van der Waals surface area contributed by atoms with E-state index in [0.717, 1.165) is 66.7 Å². The first-order valence-corrected chi connectivity index (χ1v) is 22.5. The fourth-order valence-electron chi connectivity index (χ4n) is 7.48. The number of aromatic nitrogens is 1. The van der Waals surface area contributed by atoms with Crippen LogP contribution in [0.4, 0.5) is 0 Å². The number of nitrogens with one attached hydrogen (secondary N) is 3. The predicted octanol–water partition coefficient (Wildman–Crippen LogP) is 7.53. The summed E-state index contributed by atoms with van der Waals surface area (Å²) < 4.78 is 20.7. The van der Waals surface area contributed by atoms with Crippen LogP contribution in [0.25, 0.3) is 0 Å². The number of benzene rings is 3. The Morgan fingerprint density at radius 1 is 0.719 bits per heavy atom. The number of methoxy groups -OCH3 is 3. The first kappa shape index (κ1) is 52.6. The van der Waals surface area contributed by atoms with E-state index < -0.39 is 23.9 Å². The topological polar surface area (TPSA) is 210 Å². The van der Waals surface area contributed by atoms with Crippen molar-refractivity contribution in [3.05, 3.63) is 108 Å². The second kappa shape index (κ2) is 28.9. The molecular weight excluding hydrogens is 813 g/mol. The van der Waals surface area contributed by atoms with Gasteiger partial charge >= 0.3 is 0 Å². The van der Waals surface area contributed by atoms with Crippen molar-refractivity contribution in [3.8, 4) is 17.2 Å². The van der Waals surface area contributed by atoms with Crippen LogP contribution < -0.4 is 41.6 Å². The number of amides is 3. The molecule has 3 amide bonds. The fraction of sp³-hybridized carbons (Fsp3) is 0.500. The third-order valence-corrected chi connectivity index (χ3v) is 12.0. The normalized spacial score (nSPS) is 14.6. The lowest BCUT2D eigenvalue weighted by atomic mass is 9.81. The maximum absolute atomic E-state index is 13.6. The van der Waals surface area contributed by atoms with E-state index >= 15 is 0 Å². The molecule has 1 saturated carbocycles. The summed E-state index contributed by atoms with van der Waals surface area (Å²) in [6.45, 7) is 9.30. The van der Waals surface area contributed by atoms with Crippen LogP contribution in [0.1, 0.15) is 113 Å². The molecule has 1 fully saturated rings. The average molecular weight is 885 g/mol. The molecule has 1 aliphatic carbocycles. The SMILES string of the molecule is CC[C@H](C)[C@H](CC(=O)[C@H](CC1CCCCC1)NC(=O)c1ccno1)C(=O)NCc1ccccc1OC.CC[C@H](C)[C@H](N)C(=O)NCc1ccccc1OC.COc1ccccc1CN. The van der Waals surface area contributed by atoms with E-state index in [1.807, 2.05) is 100 Å². The van der Waals surface area contributed by atoms with Gasteiger partial charge in [-0.1, -0.05) is 132 Å². The molecular formula is C50H72N6O8. The molecule has 0 spiro atoms. The Morgan fingerprint density at radius 3 is 1.69 bits per heavy atom. The van der Waals surface area contributed by atoms with Gasteiger partial charge in [0.1, 0.15) is 17.2 Å². The van der Waals surface area contributed by atoms with Crippen molar-refractivity contribution < 1.29 is 37.9 Å². The highest BCUT2D eigenvalue weighted by molar-refractivity contribution is 5.97. The van der Waals surface area contributed by atoms with Gasteiger partial charge in [-0.3, -0.25) is 19.2 Å². The highest BCUT2D eigenvalue weighted by Gasteiger charge is 2.33. The van der Waals surface area contributed by atoms with Gasteiger partial charge < -0.3 is 46.2 Å². The van der Waals surface area contributed by atoms with Crippen LogP contribution in [0.3, 0.4) is 0 Å². The molecule has 14 nitrogen and oxygen atoms in total. The molecule has 14 heteroatoms. The van der Waals surface area contributed by atoms with Gasteiger partial charge in [-0.05, 0) is 42.4 Å². The molecule has 0 saturated heterocycles. The van der Waals surface area contributed by atoms with Crippen molar-refractivity contribution in [2.45, 2.75) is 117 Å². The lowest BCUT2D eigenvalue weighted by Crippen LogP contribution is -2.45. The number of para-hydroxylation sites is 3. The number of ether oxygens (including phenoxy) is 3. The number of Topliss-reactive ketones (excluding diaryl/α,β-unsaturated/α-hetero) is 1. The molecule has 5 rings (SSSR count). The van der Waals surface area contributed by atoms with Gasteiger partial charge in [0.2, 0.25) is 17.6 Å². The summed E-state index contributed by atoms with van der Waals surface area (Å²) in [5, 5.41) is 12.3. The zero-order valence-electron chi connectivity index (χ0n) is 38.9. The number of nitrogens with zero attached hydrogens (tertiary/aromatic N) is 1. The number of ketones is 1. The van der Waals surface area contributed by atoms with Gasteiger partial charge in [-0.25, -0.2) is 0 Å². The molecule has 5 atom stereocenters. The van der Waals surface area contributed by atoms with Gasteiger partial charge in [0.15, 0.2) is 5.78 Å². The van der Waals surface area contributed by atoms with Crippen LogP contribution in [-0.4, -0.2) is 62.1 Å². The summed E-state index contributed by atoms with van der Waals surface area (Å²) in [7, 11) is 4.86. The quantitative estimate of drug-likeness (QED) is 0.0552. The summed E-state index contributed by atoms with van der Waals surface area (Å²) in [6.07, 6.45) is 9.30. The third-order valence-electron chi connectivity index (χ3n) is 12.0. The minimum absolute atomic E-state index is 0.00641. The van der Waals surface area contributed by atoms with E-state index in [2.05, 4.69) is 21.1 Å². The number of nitrogens with two attached hydrogens (primary N) is 2. The Labute approximate surface area is 379 Å². The Morgan fingerprint density at radius 2 is 1.22 bits per heavy atom. The van der Waals surface area contributed by atoms with Gasteiger partial charge in [0.25, 0.3) is 5.91 Å². The summed E-state index contributed by atoms with van der Waals surface area (Å²) >= 11 is 0. The summed E-state index contributed by atoms with van der Waals surface area (Å²) in [5.74, 6) is 1.64. The van der Waals surface area contributed by atoms with Crippen molar-refractivity contribution in [1.29, 1.82) is 0 Å². The van der Waals surface area contributed by atoms with Gasteiger partial charge in [-0.15, -0.1) is 0 Å². The van der Waals surface area contributed by atoms with E-state index in [1.54, 1.807) is 21.3 Å². The van der Waals surface area contributed by atoms with E-state index in [9.17, 15) is 19.2 Å². The van der Waals surface area contributed by atoms with Crippen molar-refractivity contribution in [2.24, 2.45) is 35.1 Å². The highest BCUT2D eigenvalue weighted by Crippen LogP contribution is 2.29. The van der Waals surface area contributed by atoms with Crippen molar-refractivity contribution in [2.75, 3.05) is 21.3 Å². The highest BCUT2D eigenvalue weighted by atomic mass is 16.5. The lowest BCUT2D eigenvalue weighted by Gasteiger charge is -2.28. The molecule has 3 aromatic carbocycles. The van der Waals surface area contributed by atoms with Crippen LogP contribution >= 0.6 is 0 Å². The molecule has 350 valence electrons. The van der Waals surface area contributed by atoms with Gasteiger partial charge in [0.05, 0.1) is 39.6 Å². The maximum atomic E-state index is 13.6. The van der Waals surface area contributed by atoms with Crippen LogP contribution in [0, 0.1) is 23.7 Å². The zero-order valence-corrected chi connectivity index (χ0v) is 38.9. The third kappa shape index (κ3) is 17.1. The first-order valence-electron chi connectivity index (χ1n) is 22.5. The first-order chi connectivity index (χ1) is 30.9. The molecule has 64 heavy (non-hydrogen) atoms. The van der Waals surface area contributed by atoms with E-state index in [4.69, 9.17) is 30.2 Å². The van der Waals surface area contributed by atoms with Crippen molar-refractivity contribution in [3.63, 3.8) is 0 Å². The Balaban J connectivity index is 0.000000319. The smallest absolute Gasteiger partial charge is 0.290 e. The molecule has 1 aliphatic rings. The van der Waals surface area contributed by atoms with E-state index in [1.165, 1.54) is 18.7 Å². The average Bonchev–Trinajstić information content (AvgIpc) is 3.90. The monoisotopic (exact) mass is 885 g/mol. The number of hydrogen-bond donors (Lipinski definition) is 5. The minimum Gasteiger partial charge on any atom is -0.496 e. The van der Waals surface area contributed by atoms with Crippen molar-refractivity contribution >= 4 is 23.5 Å². The van der Waals surface area contributed by atoms with Crippen LogP contribution in [0.2, 0.25) is 0 Å².